The molecule has 1 unspecified atom stereocenters. The van der Waals surface area contributed by atoms with Gasteiger partial charge in [-0.3, -0.25) is 0 Å². The van der Waals surface area contributed by atoms with Crippen molar-refractivity contribution in [1.82, 2.24) is 5.32 Å². The lowest BCUT2D eigenvalue weighted by Crippen LogP contribution is -2.37. The molecule has 0 aromatic heterocycles. The van der Waals surface area contributed by atoms with Crippen LogP contribution in [0.4, 0.5) is 0 Å². The fraction of sp³-hybridized carbons (Fsp3) is 0.667. The third kappa shape index (κ3) is 3.39. The van der Waals surface area contributed by atoms with E-state index in [1.54, 1.807) is 0 Å². The summed E-state index contributed by atoms with van der Waals surface area (Å²) in [5, 5.41) is 3.76. The first-order valence-electron chi connectivity index (χ1n) is 7.87. The molecule has 1 N–H and O–H groups in total. The van der Waals surface area contributed by atoms with E-state index >= 15 is 0 Å². The second-order valence-corrected chi connectivity index (χ2v) is 6.63. The Morgan fingerprint density at radius 1 is 1.05 bits per heavy atom. The predicted octanol–water partition coefficient (Wildman–Crippen LogP) is 4.92. The average Bonchev–Trinajstić information content (AvgIpc) is 2.35. The molecule has 0 radical (unpaired) electrons. The van der Waals surface area contributed by atoms with Gasteiger partial charge in [0.05, 0.1) is 0 Å². The van der Waals surface area contributed by atoms with E-state index in [1.807, 2.05) is 0 Å². The Hall–Kier alpha value is -0.820. The molecule has 1 fully saturated rings. The van der Waals surface area contributed by atoms with Gasteiger partial charge in [-0.1, -0.05) is 62.4 Å². The van der Waals surface area contributed by atoms with Crippen molar-refractivity contribution in [3.8, 4) is 0 Å². The minimum Gasteiger partial charge on any atom is -0.310 e. The zero-order valence-corrected chi connectivity index (χ0v) is 13.1. The number of benzene rings is 1. The summed E-state index contributed by atoms with van der Waals surface area (Å²) in [5.74, 6) is 0. The molecule has 1 nitrogen and oxygen atoms in total. The van der Waals surface area contributed by atoms with Crippen LogP contribution < -0.4 is 5.32 Å². The van der Waals surface area contributed by atoms with Crippen LogP contribution in [0.2, 0.25) is 0 Å². The molecule has 1 aromatic rings. The highest BCUT2D eigenvalue weighted by molar-refractivity contribution is 5.32. The van der Waals surface area contributed by atoms with E-state index in [4.69, 9.17) is 0 Å². The molecule has 106 valence electrons. The number of hydrogen-bond donors (Lipinski definition) is 1. The summed E-state index contributed by atoms with van der Waals surface area (Å²) in [7, 11) is 0. The first kappa shape index (κ1) is 14.6. The summed E-state index contributed by atoms with van der Waals surface area (Å²) in [6.07, 6.45) is 6.92. The second kappa shape index (κ2) is 6.09. The molecule has 19 heavy (non-hydrogen) atoms. The molecule has 0 amide bonds. The van der Waals surface area contributed by atoms with Gasteiger partial charge in [0, 0.05) is 6.04 Å². The third-order valence-corrected chi connectivity index (χ3v) is 4.68. The molecule has 1 saturated carbocycles. The molecule has 1 aliphatic rings. The van der Waals surface area contributed by atoms with Crippen LogP contribution in [0, 0.1) is 19.3 Å². The molecule has 1 aromatic carbocycles. The fourth-order valence-corrected chi connectivity index (χ4v) is 3.80. The number of rotatable bonds is 4. The summed E-state index contributed by atoms with van der Waals surface area (Å²) in [4.78, 5) is 0. The summed E-state index contributed by atoms with van der Waals surface area (Å²) < 4.78 is 0. The highest BCUT2D eigenvalue weighted by Crippen LogP contribution is 2.45. The standard InChI is InChI=1S/C18H29N/c1-5-19-17(18(4)9-7-6-8-10-18)16-12-14(2)11-15(3)13-16/h11-13,17,19H,5-10H2,1-4H3. The summed E-state index contributed by atoms with van der Waals surface area (Å²) >= 11 is 0. The van der Waals surface area contributed by atoms with E-state index in [0.717, 1.165) is 6.54 Å². The van der Waals surface area contributed by atoms with E-state index in [0.29, 0.717) is 11.5 Å². The Balaban J connectivity index is 2.32. The van der Waals surface area contributed by atoms with Gasteiger partial charge >= 0.3 is 0 Å². The predicted molar refractivity (Wildman–Crippen MR) is 83.5 cm³/mol. The van der Waals surface area contributed by atoms with E-state index in [2.05, 4.69) is 51.2 Å². The van der Waals surface area contributed by atoms with Crippen LogP contribution >= 0.6 is 0 Å². The summed E-state index contributed by atoms with van der Waals surface area (Å²) in [6.45, 7) is 10.2. The van der Waals surface area contributed by atoms with Gasteiger partial charge in [0.15, 0.2) is 0 Å². The molecular weight excluding hydrogens is 230 g/mol. The maximum absolute atomic E-state index is 3.76. The quantitative estimate of drug-likeness (QED) is 0.809. The van der Waals surface area contributed by atoms with Crippen molar-refractivity contribution >= 4 is 0 Å². The second-order valence-electron chi connectivity index (χ2n) is 6.63. The van der Waals surface area contributed by atoms with Crippen LogP contribution in [0.25, 0.3) is 0 Å². The summed E-state index contributed by atoms with van der Waals surface area (Å²) in [6, 6.07) is 7.53. The van der Waals surface area contributed by atoms with E-state index in [9.17, 15) is 0 Å². The Morgan fingerprint density at radius 2 is 1.63 bits per heavy atom. The zero-order valence-electron chi connectivity index (χ0n) is 13.1. The zero-order chi connectivity index (χ0) is 13.9. The lowest BCUT2D eigenvalue weighted by atomic mass is 9.68. The molecular formula is C18H29N. The SMILES string of the molecule is CCNC(c1cc(C)cc(C)c1)C1(C)CCCCC1. The first-order chi connectivity index (χ1) is 9.05. The molecule has 0 aliphatic heterocycles. The van der Waals surface area contributed by atoms with E-state index < -0.39 is 0 Å². The minimum absolute atomic E-state index is 0.425. The van der Waals surface area contributed by atoms with Crippen LogP contribution in [-0.2, 0) is 0 Å². The Labute approximate surface area is 118 Å². The van der Waals surface area contributed by atoms with Crippen molar-refractivity contribution in [3.05, 3.63) is 34.9 Å². The average molecular weight is 259 g/mol. The van der Waals surface area contributed by atoms with Crippen molar-refractivity contribution in [1.29, 1.82) is 0 Å². The molecule has 1 atom stereocenters. The Bertz CT molecular complexity index is 395. The molecule has 0 saturated heterocycles. The van der Waals surface area contributed by atoms with Gasteiger partial charge in [0.25, 0.3) is 0 Å². The van der Waals surface area contributed by atoms with E-state index in [-0.39, 0.29) is 0 Å². The molecule has 0 bridgehead atoms. The largest absolute Gasteiger partial charge is 0.310 e. The van der Waals surface area contributed by atoms with Gasteiger partial charge in [0.2, 0.25) is 0 Å². The number of nitrogens with one attached hydrogen (secondary N) is 1. The maximum atomic E-state index is 3.76. The number of hydrogen-bond acceptors (Lipinski definition) is 1. The van der Waals surface area contributed by atoms with Gasteiger partial charge in [0.1, 0.15) is 0 Å². The maximum Gasteiger partial charge on any atom is 0.0374 e. The van der Waals surface area contributed by atoms with E-state index in [1.165, 1.54) is 48.8 Å². The van der Waals surface area contributed by atoms with Gasteiger partial charge in [-0.15, -0.1) is 0 Å². The lowest BCUT2D eigenvalue weighted by Gasteiger charge is -2.41. The monoisotopic (exact) mass is 259 g/mol. The topological polar surface area (TPSA) is 12.0 Å². The van der Waals surface area contributed by atoms with Crippen molar-refractivity contribution in [2.75, 3.05) is 6.54 Å². The molecule has 1 heteroatoms. The molecule has 1 aliphatic carbocycles. The smallest absolute Gasteiger partial charge is 0.0374 e. The Kier molecular flexibility index (Phi) is 4.67. The van der Waals surface area contributed by atoms with Gasteiger partial charge in [-0.05, 0) is 44.2 Å². The van der Waals surface area contributed by atoms with Crippen LogP contribution in [-0.4, -0.2) is 6.54 Å². The minimum atomic E-state index is 0.425. The van der Waals surface area contributed by atoms with Crippen molar-refractivity contribution < 1.29 is 0 Å². The lowest BCUT2D eigenvalue weighted by molar-refractivity contribution is 0.146. The van der Waals surface area contributed by atoms with Crippen molar-refractivity contribution in [3.63, 3.8) is 0 Å². The normalized spacial score (nSPS) is 20.2. The first-order valence-corrected chi connectivity index (χ1v) is 7.87. The van der Waals surface area contributed by atoms with Crippen molar-refractivity contribution in [2.45, 2.75) is 65.8 Å². The van der Waals surface area contributed by atoms with Crippen LogP contribution in [0.3, 0.4) is 0 Å². The van der Waals surface area contributed by atoms with Gasteiger partial charge < -0.3 is 5.32 Å². The molecule has 0 spiro atoms. The van der Waals surface area contributed by atoms with Gasteiger partial charge in [-0.25, -0.2) is 0 Å². The molecule has 2 rings (SSSR count). The molecule has 0 heterocycles. The van der Waals surface area contributed by atoms with Gasteiger partial charge in [-0.2, -0.15) is 0 Å². The van der Waals surface area contributed by atoms with Crippen molar-refractivity contribution in [2.24, 2.45) is 5.41 Å². The third-order valence-electron chi connectivity index (χ3n) is 4.68. The fourth-order valence-electron chi connectivity index (χ4n) is 3.80. The summed E-state index contributed by atoms with van der Waals surface area (Å²) in [5.41, 5.74) is 4.69. The Morgan fingerprint density at radius 3 is 2.16 bits per heavy atom. The highest BCUT2D eigenvalue weighted by atomic mass is 14.9. The van der Waals surface area contributed by atoms with Crippen LogP contribution in [0.5, 0.6) is 0 Å². The van der Waals surface area contributed by atoms with Crippen LogP contribution in [0.1, 0.15) is 68.7 Å². The number of aryl methyl sites for hydroxylation is 2. The van der Waals surface area contributed by atoms with Crippen LogP contribution in [0.15, 0.2) is 18.2 Å². The highest BCUT2D eigenvalue weighted by Gasteiger charge is 2.35.